The van der Waals surface area contributed by atoms with Crippen molar-refractivity contribution in [3.8, 4) is 11.5 Å². The van der Waals surface area contributed by atoms with E-state index in [9.17, 15) is 4.79 Å². The Morgan fingerprint density at radius 1 is 1.23 bits per heavy atom. The molecule has 4 rings (SSSR count). The average molecular weight is 406 g/mol. The third-order valence-corrected chi connectivity index (χ3v) is 5.09. The van der Waals surface area contributed by atoms with Crippen molar-refractivity contribution in [2.24, 2.45) is 0 Å². The van der Waals surface area contributed by atoms with Gasteiger partial charge in [0.25, 0.3) is 5.91 Å². The predicted molar refractivity (Wildman–Crippen MR) is 118 cm³/mol. The standard InChI is InChI=1S/C23H26N4O3/c1-23(2)12-11-16-19(30-23)10-9-17(20(16)29-4)22(28)25-21-15-7-5-6-8-18(15)27(26-21)14-13-24-3/h5-12,24H,13-14H2,1-4H3,(H,25,26,28). The van der Waals surface area contributed by atoms with E-state index in [2.05, 4.69) is 15.7 Å². The van der Waals surface area contributed by atoms with Crippen molar-refractivity contribution in [2.75, 3.05) is 26.0 Å². The van der Waals surface area contributed by atoms with Crippen LogP contribution in [0.5, 0.6) is 11.5 Å². The van der Waals surface area contributed by atoms with Crippen LogP contribution in [0.4, 0.5) is 5.82 Å². The number of fused-ring (bicyclic) bond motifs is 2. The minimum atomic E-state index is -0.402. The molecule has 0 saturated heterocycles. The first kappa shape index (κ1) is 20.0. The number of hydrogen-bond donors (Lipinski definition) is 2. The zero-order valence-electron chi connectivity index (χ0n) is 17.7. The fourth-order valence-electron chi connectivity index (χ4n) is 3.61. The average Bonchev–Trinajstić information content (AvgIpc) is 3.08. The molecule has 1 aliphatic heterocycles. The van der Waals surface area contributed by atoms with E-state index >= 15 is 0 Å². The van der Waals surface area contributed by atoms with E-state index in [0.717, 1.165) is 23.0 Å². The number of likely N-dealkylation sites (N-methyl/N-ethyl adjacent to an activating group) is 1. The summed E-state index contributed by atoms with van der Waals surface area (Å²) in [5, 5.41) is 11.6. The van der Waals surface area contributed by atoms with E-state index < -0.39 is 5.60 Å². The van der Waals surface area contributed by atoms with Gasteiger partial charge >= 0.3 is 0 Å². The first-order valence-corrected chi connectivity index (χ1v) is 9.94. The molecule has 7 nitrogen and oxygen atoms in total. The molecule has 0 radical (unpaired) electrons. The fraction of sp³-hybridized carbons (Fsp3) is 0.304. The molecule has 3 aromatic rings. The van der Waals surface area contributed by atoms with Crippen LogP contribution in [0, 0.1) is 0 Å². The van der Waals surface area contributed by atoms with E-state index in [0.29, 0.717) is 29.4 Å². The maximum absolute atomic E-state index is 13.2. The minimum Gasteiger partial charge on any atom is -0.495 e. The number of hydrogen-bond acceptors (Lipinski definition) is 5. The highest BCUT2D eigenvalue weighted by molar-refractivity contribution is 6.10. The van der Waals surface area contributed by atoms with Gasteiger partial charge < -0.3 is 20.1 Å². The first-order chi connectivity index (χ1) is 14.4. The van der Waals surface area contributed by atoms with Crippen LogP contribution in [0.25, 0.3) is 17.0 Å². The van der Waals surface area contributed by atoms with Gasteiger partial charge in [-0.15, -0.1) is 0 Å². The Bertz CT molecular complexity index is 1130. The second-order valence-electron chi connectivity index (χ2n) is 7.74. The number of ether oxygens (including phenoxy) is 2. The second-order valence-corrected chi connectivity index (χ2v) is 7.74. The number of carbonyl (C=O) groups excluding carboxylic acids is 1. The van der Waals surface area contributed by atoms with E-state index in [-0.39, 0.29) is 5.91 Å². The summed E-state index contributed by atoms with van der Waals surface area (Å²) < 4.78 is 13.5. The number of benzene rings is 2. The molecule has 0 spiro atoms. The molecule has 0 bridgehead atoms. The number of nitrogens with one attached hydrogen (secondary N) is 2. The largest absolute Gasteiger partial charge is 0.495 e. The summed E-state index contributed by atoms with van der Waals surface area (Å²) >= 11 is 0. The molecule has 0 saturated carbocycles. The van der Waals surface area contributed by atoms with Crippen molar-refractivity contribution in [1.29, 1.82) is 0 Å². The number of carbonyl (C=O) groups is 1. The highest BCUT2D eigenvalue weighted by atomic mass is 16.5. The number of nitrogens with zero attached hydrogens (tertiary/aromatic N) is 2. The van der Waals surface area contributed by atoms with E-state index in [1.54, 1.807) is 13.2 Å². The zero-order chi connectivity index (χ0) is 21.3. The van der Waals surface area contributed by atoms with Crippen molar-refractivity contribution in [3.63, 3.8) is 0 Å². The third kappa shape index (κ3) is 3.64. The molecule has 1 aliphatic rings. The summed E-state index contributed by atoms with van der Waals surface area (Å²) in [6.45, 7) is 5.44. The Morgan fingerprint density at radius 2 is 2.03 bits per heavy atom. The molecule has 0 atom stereocenters. The topological polar surface area (TPSA) is 77.4 Å². The minimum absolute atomic E-state index is 0.281. The number of para-hydroxylation sites is 1. The van der Waals surface area contributed by atoms with Gasteiger partial charge in [-0.2, -0.15) is 5.10 Å². The van der Waals surface area contributed by atoms with Gasteiger partial charge in [-0.3, -0.25) is 9.48 Å². The maximum Gasteiger partial charge on any atom is 0.260 e. The van der Waals surface area contributed by atoms with Crippen molar-refractivity contribution in [2.45, 2.75) is 26.0 Å². The van der Waals surface area contributed by atoms with Gasteiger partial charge in [0.05, 0.1) is 30.3 Å². The second kappa shape index (κ2) is 7.84. The van der Waals surface area contributed by atoms with Gasteiger partial charge in [-0.25, -0.2) is 0 Å². The predicted octanol–water partition coefficient (Wildman–Crippen LogP) is 3.70. The number of aromatic nitrogens is 2. The maximum atomic E-state index is 13.2. The van der Waals surface area contributed by atoms with Gasteiger partial charge in [-0.1, -0.05) is 12.1 Å². The zero-order valence-corrected chi connectivity index (χ0v) is 17.7. The molecule has 2 N–H and O–H groups in total. The van der Waals surface area contributed by atoms with Crippen LogP contribution >= 0.6 is 0 Å². The molecular formula is C23H26N4O3. The highest BCUT2D eigenvalue weighted by Crippen LogP contribution is 2.39. The van der Waals surface area contributed by atoms with Gasteiger partial charge in [0.2, 0.25) is 0 Å². The number of amides is 1. The van der Waals surface area contributed by atoms with Gasteiger partial charge in [0.1, 0.15) is 17.1 Å². The molecule has 30 heavy (non-hydrogen) atoms. The van der Waals surface area contributed by atoms with Crippen LogP contribution in [-0.2, 0) is 6.54 Å². The fourth-order valence-corrected chi connectivity index (χ4v) is 3.61. The van der Waals surface area contributed by atoms with Gasteiger partial charge in [-0.05, 0) is 57.3 Å². The van der Waals surface area contributed by atoms with Crippen molar-refractivity contribution >= 4 is 28.7 Å². The van der Waals surface area contributed by atoms with Gasteiger partial charge in [0, 0.05) is 11.9 Å². The van der Waals surface area contributed by atoms with Gasteiger partial charge in [0.15, 0.2) is 5.82 Å². The van der Waals surface area contributed by atoms with E-state index in [1.165, 1.54) is 0 Å². The summed E-state index contributed by atoms with van der Waals surface area (Å²) in [6.07, 6.45) is 3.90. The lowest BCUT2D eigenvalue weighted by Gasteiger charge is -2.29. The Kier molecular flexibility index (Phi) is 5.22. The first-order valence-electron chi connectivity index (χ1n) is 9.94. The monoisotopic (exact) mass is 406 g/mol. The summed E-state index contributed by atoms with van der Waals surface area (Å²) in [5.41, 5.74) is 1.76. The molecule has 1 aromatic heterocycles. The molecule has 2 aromatic carbocycles. The summed E-state index contributed by atoms with van der Waals surface area (Å²) in [7, 11) is 3.46. The van der Waals surface area contributed by atoms with Crippen molar-refractivity contribution in [3.05, 3.63) is 53.6 Å². The smallest absolute Gasteiger partial charge is 0.260 e. The van der Waals surface area contributed by atoms with Crippen molar-refractivity contribution < 1.29 is 14.3 Å². The van der Waals surface area contributed by atoms with Crippen molar-refractivity contribution in [1.82, 2.24) is 15.1 Å². The van der Waals surface area contributed by atoms with Crippen LogP contribution in [0.2, 0.25) is 0 Å². The molecule has 1 amide bonds. The Balaban J connectivity index is 1.68. The molecule has 2 heterocycles. The van der Waals surface area contributed by atoms with Crippen LogP contribution in [-0.4, -0.2) is 42.0 Å². The molecule has 156 valence electrons. The van der Waals surface area contributed by atoms with Crippen LogP contribution in [0.15, 0.2) is 42.5 Å². The summed E-state index contributed by atoms with van der Waals surface area (Å²) in [5.74, 6) is 1.42. The summed E-state index contributed by atoms with van der Waals surface area (Å²) in [4.78, 5) is 13.2. The normalized spacial score (nSPS) is 14.3. The third-order valence-electron chi connectivity index (χ3n) is 5.09. The molecule has 0 fully saturated rings. The highest BCUT2D eigenvalue weighted by Gasteiger charge is 2.27. The molecule has 0 unspecified atom stereocenters. The summed E-state index contributed by atoms with van der Waals surface area (Å²) in [6, 6.07) is 11.4. The number of rotatable bonds is 6. The molecular weight excluding hydrogens is 380 g/mol. The van der Waals surface area contributed by atoms with E-state index in [4.69, 9.17) is 9.47 Å². The van der Waals surface area contributed by atoms with Crippen LogP contribution in [0.3, 0.4) is 0 Å². The Labute approximate surface area is 175 Å². The Morgan fingerprint density at radius 3 is 2.80 bits per heavy atom. The van der Waals surface area contributed by atoms with Crippen LogP contribution < -0.4 is 20.1 Å². The van der Waals surface area contributed by atoms with Crippen LogP contribution in [0.1, 0.15) is 29.8 Å². The SMILES string of the molecule is CNCCn1nc(NC(=O)c2ccc3c(c2OC)C=CC(C)(C)O3)c2ccccc21. The Hall–Kier alpha value is -3.32. The van der Waals surface area contributed by atoms with E-state index in [1.807, 2.05) is 68.1 Å². The quantitative estimate of drug-likeness (QED) is 0.653. The lowest BCUT2D eigenvalue weighted by Crippen LogP contribution is -2.28. The molecule has 0 aliphatic carbocycles. The number of methoxy groups -OCH3 is 1. The number of anilines is 1. The lowest BCUT2D eigenvalue weighted by molar-refractivity contribution is 0.102. The lowest BCUT2D eigenvalue weighted by atomic mass is 9.99. The molecule has 7 heteroatoms.